The zero-order valence-corrected chi connectivity index (χ0v) is 21.1. The van der Waals surface area contributed by atoms with Crippen molar-refractivity contribution in [2.24, 2.45) is 28.6 Å². The van der Waals surface area contributed by atoms with Gasteiger partial charge in [-0.15, -0.1) is 0 Å². The summed E-state index contributed by atoms with van der Waals surface area (Å²) in [6, 6.07) is 19.5. The first kappa shape index (κ1) is 22.6. The van der Waals surface area contributed by atoms with Gasteiger partial charge in [0, 0.05) is 17.5 Å². The molecule has 5 nitrogen and oxygen atoms in total. The van der Waals surface area contributed by atoms with Crippen molar-refractivity contribution in [3.05, 3.63) is 71.4 Å². The minimum Gasteiger partial charge on any atom is -0.497 e. The molecule has 0 unspecified atom stereocenters. The van der Waals surface area contributed by atoms with Gasteiger partial charge in [-0.05, 0) is 91.2 Å². The molecular weight excluding hydrogens is 458 g/mol. The number of Topliss-reactive ketones (excluding diaryl/α,β-unsaturated/α-hetero) is 1. The molecule has 0 radical (unpaired) electrons. The molecule has 5 heteroatoms. The molecular formula is C32H31N3O2. The minimum absolute atomic E-state index is 0.251. The van der Waals surface area contributed by atoms with Crippen LogP contribution in [0.4, 0.5) is 0 Å². The molecule has 2 aromatic rings. The lowest BCUT2D eigenvalue weighted by Gasteiger charge is -2.57. The molecule has 3 atom stereocenters. The molecule has 1 saturated heterocycles. The summed E-state index contributed by atoms with van der Waals surface area (Å²) in [6.07, 6.45) is 10.7. The normalized spacial score (nSPS) is 35.8. The number of ketones is 1. The van der Waals surface area contributed by atoms with Crippen molar-refractivity contribution in [1.82, 2.24) is 4.90 Å². The van der Waals surface area contributed by atoms with E-state index in [2.05, 4.69) is 17.0 Å². The summed E-state index contributed by atoms with van der Waals surface area (Å²) in [4.78, 5) is 17.1. The van der Waals surface area contributed by atoms with Crippen LogP contribution in [0.2, 0.25) is 0 Å². The zero-order chi connectivity index (χ0) is 25.4. The monoisotopic (exact) mass is 489 g/mol. The van der Waals surface area contributed by atoms with Gasteiger partial charge in [0.25, 0.3) is 0 Å². The van der Waals surface area contributed by atoms with E-state index in [1.165, 1.54) is 19.3 Å². The van der Waals surface area contributed by atoms with Gasteiger partial charge in [-0.2, -0.15) is 10.5 Å². The maximum Gasteiger partial charge on any atom is 0.177 e. The molecule has 5 fully saturated rings. The lowest BCUT2D eigenvalue weighted by atomic mass is 9.47. The van der Waals surface area contributed by atoms with Crippen molar-refractivity contribution >= 4 is 11.9 Å². The second-order valence-corrected chi connectivity index (χ2v) is 12.1. The van der Waals surface area contributed by atoms with Crippen LogP contribution in [0.15, 0.2) is 54.7 Å². The van der Waals surface area contributed by atoms with Crippen LogP contribution in [0.1, 0.15) is 67.2 Å². The van der Waals surface area contributed by atoms with Crippen molar-refractivity contribution in [2.75, 3.05) is 7.11 Å². The Morgan fingerprint density at radius 3 is 2.30 bits per heavy atom. The molecule has 0 aromatic heterocycles. The first-order chi connectivity index (χ1) is 18.0. The van der Waals surface area contributed by atoms with E-state index in [4.69, 9.17) is 4.74 Å². The van der Waals surface area contributed by atoms with Gasteiger partial charge in [-0.1, -0.05) is 36.4 Å². The smallest absolute Gasteiger partial charge is 0.177 e. The van der Waals surface area contributed by atoms with Crippen LogP contribution in [0, 0.1) is 51.2 Å². The van der Waals surface area contributed by atoms with E-state index in [1.54, 1.807) is 7.11 Å². The summed E-state index contributed by atoms with van der Waals surface area (Å²) in [5.74, 6) is 2.25. The van der Waals surface area contributed by atoms with E-state index < -0.39 is 23.4 Å². The third kappa shape index (κ3) is 3.04. The van der Waals surface area contributed by atoms with Gasteiger partial charge in [-0.3, -0.25) is 4.79 Å². The summed E-state index contributed by atoms with van der Waals surface area (Å²) in [5, 5.41) is 21.6. The van der Waals surface area contributed by atoms with Gasteiger partial charge in [0.05, 0.1) is 31.3 Å². The zero-order valence-electron chi connectivity index (χ0n) is 21.1. The fourth-order valence-corrected chi connectivity index (χ4v) is 9.23. The predicted octanol–water partition coefficient (Wildman–Crippen LogP) is 6.01. The largest absolute Gasteiger partial charge is 0.497 e. The highest BCUT2D eigenvalue weighted by Crippen LogP contribution is 2.65. The average molecular weight is 490 g/mol. The summed E-state index contributed by atoms with van der Waals surface area (Å²) >= 11 is 0. The molecule has 0 amide bonds. The molecule has 2 aromatic carbocycles. The standard InChI is InChI=1S/C32H31N3O2/c1-37-25-7-4-6-24(14-25)27-28(30(36)31-15-20-11-21(16-31)13-22(12-20)17-31)35-10-9-23-5-2-3-8-26(23)29(35)32(27,18-33)19-34/h2-10,14,20-22,27-29H,11-13,15-17H2,1H3/t20?,21?,22?,27-,28+,29+,31?/m1/s1. The second kappa shape index (κ2) is 7.96. The number of hydrogen-bond acceptors (Lipinski definition) is 5. The molecule has 2 aliphatic heterocycles. The number of carbonyl (C=O) groups excluding carboxylic acids is 1. The lowest BCUT2D eigenvalue weighted by Crippen LogP contribution is -2.55. The Labute approximate surface area is 218 Å². The third-order valence-corrected chi connectivity index (χ3v) is 10.2. The first-order valence-corrected chi connectivity index (χ1v) is 13.6. The molecule has 4 bridgehead atoms. The quantitative estimate of drug-likeness (QED) is 0.526. The van der Waals surface area contributed by atoms with Gasteiger partial charge in [0.1, 0.15) is 5.75 Å². The topological polar surface area (TPSA) is 77.1 Å². The van der Waals surface area contributed by atoms with E-state index in [0.29, 0.717) is 23.5 Å². The number of ether oxygens (including phenoxy) is 1. The van der Waals surface area contributed by atoms with Gasteiger partial charge in [0.15, 0.2) is 11.2 Å². The fourth-order valence-electron chi connectivity index (χ4n) is 9.23. The Bertz CT molecular complexity index is 1350. The number of methoxy groups -OCH3 is 1. The Morgan fingerprint density at radius 2 is 1.65 bits per heavy atom. The number of rotatable bonds is 4. The van der Waals surface area contributed by atoms with Crippen molar-refractivity contribution in [2.45, 2.75) is 56.5 Å². The van der Waals surface area contributed by atoms with E-state index >= 15 is 0 Å². The second-order valence-electron chi connectivity index (χ2n) is 12.1. The Morgan fingerprint density at radius 1 is 0.973 bits per heavy atom. The van der Waals surface area contributed by atoms with Crippen LogP contribution in [0.3, 0.4) is 0 Å². The highest BCUT2D eigenvalue weighted by Gasteiger charge is 2.67. The summed E-state index contributed by atoms with van der Waals surface area (Å²) in [5.41, 5.74) is 1.02. The van der Waals surface area contributed by atoms with Crippen LogP contribution in [0.25, 0.3) is 6.08 Å². The summed E-state index contributed by atoms with van der Waals surface area (Å²) in [6.45, 7) is 0. The molecule has 6 aliphatic rings. The van der Waals surface area contributed by atoms with Gasteiger partial charge in [0.2, 0.25) is 0 Å². The molecule has 2 heterocycles. The van der Waals surface area contributed by atoms with Crippen molar-refractivity contribution in [1.29, 1.82) is 10.5 Å². The average Bonchev–Trinajstić information content (AvgIpc) is 3.23. The Hall–Kier alpha value is -3.57. The van der Waals surface area contributed by atoms with Crippen LogP contribution >= 0.6 is 0 Å². The number of nitrogens with zero attached hydrogens (tertiary/aromatic N) is 3. The third-order valence-electron chi connectivity index (χ3n) is 10.2. The van der Waals surface area contributed by atoms with E-state index in [0.717, 1.165) is 36.0 Å². The fraction of sp³-hybridized carbons (Fsp3) is 0.469. The van der Waals surface area contributed by atoms with Crippen LogP contribution in [-0.2, 0) is 4.79 Å². The summed E-state index contributed by atoms with van der Waals surface area (Å²) in [7, 11) is 1.62. The van der Waals surface area contributed by atoms with Crippen molar-refractivity contribution in [3.8, 4) is 17.9 Å². The van der Waals surface area contributed by atoms with E-state index in [9.17, 15) is 15.3 Å². The van der Waals surface area contributed by atoms with Gasteiger partial charge < -0.3 is 9.64 Å². The van der Waals surface area contributed by atoms with Crippen molar-refractivity contribution < 1.29 is 9.53 Å². The van der Waals surface area contributed by atoms with Crippen LogP contribution in [-0.4, -0.2) is 23.8 Å². The first-order valence-electron chi connectivity index (χ1n) is 13.6. The van der Waals surface area contributed by atoms with Crippen molar-refractivity contribution in [3.63, 3.8) is 0 Å². The highest BCUT2D eigenvalue weighted by molar-refractivity contribution is 5.93. The SMILES string of the molecule is COc1cccc([C@@H]2[C@@H](C(=O)C34CC5CC(CC(C5)C3)C4)N3C=Cc4ccccc4[C@H]3C2(C#N)C#N)c1. The van der Waals surface area contributed by atoms with Crippen LogP contribution in [0.5, 0.6) is 5.75 Å². The lowest BCUT2D eigenvalue weighted by molar-refractivity contribution is -0.148. The number of fused-ring (bicyclic) bond motifs is 3. The summed E-state index contributed by atoms with van der Waals surface area (Å²) < 4.78 is 5.54. The number of benzene rings is 2. The Balaban J connectivity index is 1.43. The molecule has 186 valence electrons. The van der Waals surface area contributed by atoms with Gasteiger partial charge in [-0.25, -0.2) is 0 Å². The highest BCUT2D eigenvalue weighted by atomic mass is 16.5. The molecule has 8 rings (SSSR count). The molecule has 0 N–H and O–H groups in total. The van der Waals surface area contributed by atoms with E-state index in [-0.39, 0.29) is 11.2 Å². The number of nitriles is 2. The number of hydrogen-bond donors (Lipinski definition) is 0. The molecule has 4 saturated carbocycles. The predicted molar refractivity (Wildman–Crippen MR) is 139 cm³/mol. The molecule has 4 aliphatic carbocycles. The minimum atomic E-state index is -1.42. The van der Waals surface area contributed by atoms with Crippen LogP contribution < -0.4 is 4.74 Å². The molecule has 37 heavy (non-hydrogen) atoms. The van der Waals surface area contributed by atoms with Gasteiger partial charge >= 0.3 is 0 Å². The number of carbonyl (C=O) groups is 1. The maximum absolute atomic E-state index is 15.0. The molecule has 0 spiro atoms. The maximum atomic E-state index is 15.0. The Kier molecular flexibility index (Phi) is 4.87. The van der Waals surface area contributed by atoms with E-state index in [1.807, 2.05) is 60.8 Å².